The molecule has 0 amide bonds. The highest BCUT2D eigenvalue weighted by atomic mass is 16.5. The number of para-hydroxylation sites is 2. The minimum absolute atomic E-state index is 0.139. The molecular weight excluding hydrogens is 216 g/mol. The van der Waals surface area contributed by atoms with Crippen molar-refractivity contribution in [3.63, 3.8) is 0 Å². The average molecular weight is 238 g/mol. The van der Waals surface area contributed by atoms with E-state index in [4.69, 9.17) is 15.2 Å². The highest BCUT2D eigenvalue weighted by Crippen LogP contribution is 2.25. The van der Waals surface area contributed by atoms with Crippen molar-refractivity contribution in [3.8, 4) is 11.5 Å². The number of hydrogen-bond donors (Lipinski definition) is 1. The molecule has 4 nitrogen and oxygen atoms in total. The van der Waals surface area contributed by atoms with Crippen molar-refractivity contribution in [2.24, 2.45) is 5.73 Å². The van der Waals surface area contributed by atoms with E-state index >= 15 is 0 Å². The van der Waals surface area contributed by atoms with Gasteiger partial charge in [0.05, 0.1) is 13.7 Å². The molecule has 4 heteroatoms. The topological polar surface area (TPSA) is 47.7 Å². The van der Waals surface area contributed by atoms with Crippen LogP contribution in [0.5, 0.6) is 11.5 Å². The number of hydrogen-bond acceptors (Lipinski definition) is 4. The smallest absolute Gasteiger partial charge is 0.161 e. The molecule has 1 aromatic rings. The molecule has 0 fully saturated rings. The number of methoxy groups -OCH3 is 1. The average Bonchev–Trinajstić information content (AvgIpc) is 2.28. The largest absolute Gasteiger partial charge is 0.493 e. The summed E-state index contributed by atoms with van der Waals surface area (Å²) in [5, 5.41) is 0. The predicted octanol–water partition coefficient (Wildman–Crippen LogP) is 1.35. The Labute approximate surface area is 103 Å². The first-order chi connectivity index (χ1) is 8.13. The van der Waals surface area contributed by atoms with Crippen LogP contribution in [0.2, 0.25) is 0 Å². The van der Waals surface area contributed by atoms with Gasteiger partial charge in [-0.2, -0.15) is 0 Å². The lowest BCUT2D eigenvalue weighted by atomic mass is 10.2. The van der Waals surface area contributed by atoms with Gasteiger partial charge < -0.3 is 20.1 Å². The Hall–Kier alpha value is -1.26. The van der Waals surface area contributed by atoms with Crippen LogP contribution in [-0.4, -0.2) is 45.3 Å². The Morgan fingerprint density at radius 1 is 1.24 bits per heavy atom. The van der Waals surface area contributed by atoms with Crippen molar-refractivity contribution in [1.82, 2.24) is 4.90 Å². The van der Waals surface area contributed by atoms with Gasteiger partial charge >= 0.3 is 0 Å². The van der Waals surface area contributed by atoms with Crippen molar-refractivity contribution in [2.45, 2.75) is 12.5 Å². The van der Waals surface area contributed by atoms with Crippen LogP contribution in [-0.2, 0) is 0 Å². The van der Waals surface area contributed by atoms with Crippen molar-refractivity contribution in [1.29, 1.82) is 0 Å². The zero-order valence-corrected chi connectivity index (χ0v) is 10.8. The molecule has 1 unspecified atom stereocenters. The van der Waals surface area contributed by atoms with Gasteiger partial charge in [-0.15, -0.1) is 0 Å². The molecule has 0 aliphatic carbocycles. The minimum Gasteiger partial charge on any atom is -0.493 e. The van der Waals surface area contributed by atoms with E-state index in [2.05, 4.69) is 4.90 Å². The SMILES string of the molecule is COc1ccccc1OCCC(N)CN(C)C. The Morgan fingerprint density at radius 2 is 1.88 bits per heavy atom. The van der Waals surface area contributed by atoms with Crippen LogP contribution >= 0.6 is 0 Å². The highest BCUT2D eigenvalue weighted by Gasteiger charge is 2.06. The molecule has 0 spiro atoms. The minimum atomic E-state index is 0.139. The predicted molar refractivity (Wildman–Crippen MR) is 69.6 cm³/mol. The van der Waals surface area contributed by atoms with Gasteiger partial charge in [-0.25, -0.2) is 0 Å². The molecule has 0 aromatic heterocycles. The van der Waals surface area contributed by atoms with E-state index in [1.165, 1.54) is 0 Å². The van der Waals surface area contributed by atoms with Crippen LogP contribution in [0, 0.1) is 0 Å². The van der Waals surface area contributed by atoms with Gasteiger partial charge in [0.15, 0.2) is 11.5 Å². The highest BCUT2D eigenvalue weighted by molar-refractivity contribution is 5.39. The van der Waals surface area contributed by atoms with E-state index in [9.17, 15) is 0 Å². The van der Waals surface area contributed by atoms with E-state index in [0.29, 0.717) is 6.61 Å². The molecule has 96 valence electrons. The number of likely N-dealkylation sites (N-methyl/N-ethyl adjacent to an activating group) is 1. The summed E-state index contributed by atoms with van der Waals surface area (Å²) in [6, 6.07) is 7.77. The van der Waals surface area contributed by atoms with E-state index in [1.807, 2.05) is 38.4 Å². The van der Waals surface area contributed by atoms with E-state index in [0.717, 1.165) is 24.5 Å². The normalized spacial score (nSPS) is 12.5. The third kappa shape index (κ3) is 5.06. The zero-order chi connectivity index (χ0) is 12.7. The molecule has 0 aliphatic heterocycles. The monoisotopic (exact) mass is 238 g/mol. The summed E-state index contributed by atoms with van der Waals surface area (Å²) in [5.74, 6) is 1.53. The van der Waals surface area contributed by atoms with Crippen molar-refractivity contribution >= 4 is 0 Å². The number of rotatable bonds is 7. The Morgan fingerprint density at radius 3 is 2.47 bits per heavy atom. The van der Waals surface area contributed by atoms with Gasteiger partial charge in [0.2, 0.25) is 0 Å². The second kappa shape index (κ2) is 7.14. The fourth-order valence-corrected chi connectivity index (χ4v) is 1.62. The lowest BCUT2D eigenvalue weighted by molar-refractivity contribution is 0.264. The molecular formula is C13H22N2O2. The third-order valence-electron chi connectivity index (χ3n) is 2.41. The maximum atomic E-state index is 5.96. The first-order valence-electron chi connectivity index (χ1n) is 5.79. The maximum Gasteiger partial charge on any atom is 0.161 e. The van der Waals surface area contributed by atoms with Gasteiger partial charge in [-0.3, -0.25) is 0 Å². The second-order valence-electron chi connectivity index (χ2n) is 4.31. The third-order valence-corrected chi connectivity index (χ3v) is 2.41. The van der Waals surface area contributed by atoms with Gasteiger partial charge in [-0.05, 0) is 32.6 Å². The van der Waals surface area contributed by atoms with Gasteiger partial charge in [0.25, 0.3) is 0 Å². The summed E-state index contributed by atoms with van der Waals surface area (Å²) in [6.45, 7) is 1.48. The molecule has 0 saturated carbocycles. The summed E-state index contributed by atoms with van der Waals surface area (Å²) < 4.78 is 10.9. The van der Waals surface area contributed by atoms with Crippen molar-refractivity contribution in [3.05, 3.63) is 24.3 Å². The van der Waals surface area contributed by atoms with Crippen LogP contribution in [0.1, 0.15) is 6.42 Å². The van der Waals surface area contributed by atoms with Crippen LogP contribution in [0.15, 0.2) is 24.3 Å². The first kappa shape index (κ1) is 13.8. The number of benzene rings is 1. The summed E-state index contributed by atoms with van der Waals surface area (Å²) >= 11 is 0. The van der Waals surface area contributed by atoms with Crippen LogP contribution in [0.25, 0.3) is 0 Å². The maximum absolute atomic E-state index is 5.96. The lowest BCUT2D eigenvalue weighted by Gasteiger charge is -2.17. The first-order valence-corrected chi connectivity index (χ1v) is 5.79. The fourth-order valence-electron chi connectivity index (χ4n) is 1.62. The van der Waals surface area contributed by atoms with E-state index in [1.54, 1.807) is 7.11 Å². The Bertz CT molecular complexity index is 329. The molecule has 2 N–H and O–H groups in total. The van der Waals surface area contributed by atoms with Gasteiger partial charge in [0, 0.05) is 12.6 Å². The number of nitrogens with zero attached hydrogens (tertiary/aromatic N) is 1. The van der Waals surface area contributed by atoms with Gasteiger partial charge in [0.1, 0.15) is 0 Å². The summed E-state index contributed by atoms with van der Waals surface area (Å²) in [5.41, 5.74) is 5.96. The Balaban J connectivity index is 2.35. The number of nitrogens with two attached hydrogens (primary N) is 1. The molecule has 1 aromatic carbocycles. The van der Waals surface area contributed by atoms with Gasteiger partial charge in [-0.1, -0.05) is 12.1 Å². The fraction of sp³-hybridized carbons (Fsp3) is 0.538. The molecule has 1 atom stereocenters. The van der Waals surface area contributed by atoms with Crippen molar-refractivity contribution < 1.29 is 9.47 Å². The molecule has 1 rings (SSSR count). The number of ether oxygens (including phenoxy) is 2. The molecule has 0 heterocycles. The molecule has 0 radical (unpaired) electrons. The van der Waals surface area contributed by atoms with Crippen LogP contribution in [0.3, 0.4) is 0 Å². The van der Waals surface area contributed by atoms with Crippen molar-refractivity contribution in [2.75, 3.05) is 34.4 Å². The summed E-state index contributed by atoms with van der Waals surface area (Å²) in [6.07, 6.45) is 0.830. The van der Waals surface area contributed by atoms with Crippen LogP contribution < -0.4 is 15.2 Å². The van der Waals surface area contributed by atoms with E-state index in [-0.39, 0.29) is 6.04 Å². The summed E-state index contributed by atoms with van der Waals surface area (Å²) in [7, 11) is 5.67. The lowest BCUT2D eigenvalue weighted by Crippen LogP contribution is -2.34. The summed E-state index contributed by atoms with van der Waals surface area (Å²) in [4.78, 5) is 2.08. The molecule has 0 aliphatic rings. The standard InChI is InChI=1S/C13H22N2O2/c1-15(2)10-11(14)8-9-17-13-7-5-4-6-12(13)16-3/h4-7,11H,8-10,14H2,1-3H3. The zero-order valence-electron chi connectivity index (χ0n) is 10.8. The quantitative estimate of drug-likeness (QED) is 0.779. The van der Waals surface area contributed by atoms with Crippen LogP contribution in [0.4, 0.5) is 0 Å². The molecule has 17 heavy (non-hydrogen) atoms. The second-order valence-corrected chi connectivity index (χ2v) is 4.31. The van der Waals surface area contributed by atoms with E-state index < -0.39 is 0 Å². The Kier molecular flexibility index (Phi) is 5.80. The molecule has 0 saturated heterocycles. The molecule has 0 bridgehead atoms.